The first-order chi connectivity index (χ1) is 9.47. The Morgan fingerprint density at radius 3 is 2.60 bits per heavy atom. The summed E-state index contributed by atoms with van der Waals surface area (Å²) in [7, 11) is 3.79. The van der Waals surface area contributed by atoms with Crippen LogP contribution in [-0.2, 0) is 0 Å². The molecule has 0 bridgehead atoms. The summed E-state index contributed by atoms with van der Waals surface area (Å²) in [5.41, 5.74) is 1.49. The zero-order chi connectivity index (χ0) is 14.7. The zero-order valence-electron chi connectivity index (χ0n) is 11.1. The Morgan fingerprint density at radius 2 is 2.00 bits per heavy atom. The summed E-state index contributed by atoms with van der Waals surface area (Å²) in [6, 6.07) is 8.46. The van der Waals surface area contributed by atoms with Crippen molar-refractivity contribution in [2.24, 2.45) is 0 Å². The van der Waals surface area contributed by atoms with Crippen molar-refractivity contribution >= 4 is 23.3 Å². The molecule has 1 amide bonds. The molecule has 2 rings (SSSR count). The molecular weight excluding hydrogens is 260 g/mol. The van der Waals surface area contributed by atoms with E-state index in [2.05, 4.69) is 5.32 Å². The maximum Gasteiger partial charge on any atom is 0.338 e. The number of nitrogens with zero attached hydrogens (tertiary/aromatic N) is 1. The second-order valence-corrected chi connectivity index (χ2v) is 4.40. The first-order valence-electron chi connectivity index (χ1n) is 5.88. The highest BCUT2D eigenvalue weighted by Gasteiger charge is 2.14. The van der Waals surface area contributed by atoms with Gasteiger partial charge in [-0.05, 0) is 18.2 Å². The van der Waals surface area contributed by atoms with E-state index in [1.165, 1.54) is 6.07 Å². The second-order valence-electron chi connectivity index (χ2n) is 4.40. The average Bonchev–Trinajstić information content (AvgIpc) is 2.88. The van der Waals surface area contributed by atoms with Crippen molar-refractivity contribution in [3.05, 3.63) is 47.9 Å². The number of hydrogen-bond donors (Lipinski definition) is 2. The zero-order valence-corrected chi connectivity index (χ0v) is 11.1. The molecule has 0 fully saturated rings. The molecule has 1 heterocycles. The van der Waals surface area contributed by atoms with Crippen molar-refractivity contribution in [3.8, 4) is 0 Å². The Bertz CT molecular complexity index is 646. The minimum absolute atomic E-state index is 0.0438. The van der Waals surface area contributed by atoms with E-state index in [1.54, 1.807) is 12.1 Å². The monoisotopic (exact) mass is 274 g/mol. The molecule has 0 unspecified atom stereocenters. The summed E-state index contributed by atoms with van der Waals surface area (Å²) in [5, 5.41) is 11.4. The van der Waals surface area contributed by atoms with E-state index < -0.39 is 11.9 Å². The minimum Gasteiger partial charge on any atom is -0.478 e. The first-order valence-corrected chi connectivity index (χ1v) is 5.88. The highest BCUT2D eigenvalue weighted by molar-refractivity contribution is 6.03. The van der Waals surface area contributed by atoms with E-state index in [1.807, 2.05) is 31.1 Å². The largest absolute Gasteiger partial charge is 0.478 e. The van der Waals surface area contributed by atoms with Gasteiger partial charge in [0.1, 0.15) is 6.26 Å². The Labute approximate surface area is 115 Å². The van der Waals surface area contributed by atoms with Gasteiger partial charge in [-0.2, -0.15) is 0 Å². The Morgan fingerprint density at radius 1 is 1.25 bits per heavy atom. The van der Waals surface area contributed by atoms with E-state index in [4.69, 9.17) is 9.52 Å². The van der Waals surface area contributed by atoms with E-state index in [0.29, 0.717) is 5.69 Å². The molecule has 0 aliphatic carbocycles. The van der Waals surface area contributed by atoms with Crippen LogP contribution in [0.4, 0.5) is 11.4 Å². The van der Waals surface area contributed by atoms with E-state index >= 15 is 0 Å². The van der Waals surface area contributed by atoms with Gasteiger partial charge in [-0.3, -0.25) is 4.79 Å². The maximum absolute atomic E-state index is 11.9. The van der Waals surface area contributed by atoms with Gasteiger partial charge in [0.2, 0.25) is 0 Å². The van der Waals surface area contributed by atoms with Gasteiger partial charge in [0.25, 0.3) is 5.91 Å². The van der Waals surface area contributed by atoms with Crippen LogP contribution in [0.3, 0.4) is 0 Å². The van der Waals surface area contributed by atoms with Crippen molar-refractivity contribution in [1.29, 1.82) is 0 Å². The van der Waals surface area contributed by atoms with E-state index in [9.17, 15) is 9.59 Å². The smallest absolute Gasteiger partial charge is 0.338 e. The molecule has 1 aromatic carbocycles. The first kappa shape index (κ1) is 13.7. The number of aromatic carboxylic acids is 1. The summed E-state index contributed by atoms with van der Waals surface area (Å²) in [4.78, 5) is 24.5. The molecular formula is C14H14N2O4. The third-order valence-electron chi connectivity index (χ3n) is 2.69. The van der Waals surface area contributed by atoms with E-state index in [-0.39, 0.29) is 11.3 Å². The van der Waals surface area contributed by atoms with Crippen molar-refractivity contribution < 1.29 is 19.1 Å². The number of rotatable bonds is 4. The normalized spacial score (nSPS) is 10.1. The SMILES string of the molecule is CN(C)c1cccc(NC(=O)c2cc(C(=O)O)co2)c1. The predicted molar refractivity (Wildman–Crippen MR) is 74.4 cm³/mol. The number of hydrogen-bond acceptors (Lipinski definition) is 4. The number of furan rings is 1. The van der Waals surface area contributed by atoms with Gasteiger partial charge in [-0.25, -0.2) is 4.79 Å². The van der Waals surface area contributed by atoms with Crippen molar-refractivity contribution in [1.82, 2.24) is 0 Å². The number of benzene rings is 1. The molecule has 6 nitrogen and oxygen atoms in total. The van der Waals surface area contributed by atoms with Gasteiger partial charge < -0.3 is 19.7 Å². The van der Waals surface area contributed by atoms with Crippen LogP contribution in [0.25, 0.3) is 0 Å². The van der Waals surface area contributed by atoms with Gasteiger partial charge in [0.15, 0.2) is 5.76 Å². The fraction of sp³-hybridized carbons (Fsp3) is 0.143. The number of amides is 1. The number of anilines is 2. The lowest BCUT2D eigenvalue weighted by atomic mass is 10.2. The number of carboxylic acid groups (broad SMARTS) is 1. The van der Waals surface area contributed by atoms with Crippen LogP contribution in [0.15, 0.2) is 41.0 Å². The summed E-state index contributed by atoms with van der Waals surface area (Å²) >= 11 is 0. The molecule has 2 aromatic rings. The highest BCUT2D eigenvalue weighted by atomic mass is 16.4. The molecule has 0 aliphatic rings. The van der Waals surface area contributed by atoms with E-state index in [0.717, 1.165) is 12.0 Å². The maximum atomic E-state index is 11.9. The molecule has 0 spiro atoms. The number of carbonyl (C=O) groups excluding carboxylic acids is 1. The van der Waals surface area contributed by atoms with Crippen LogP contribution in [0, 0.1) is 0 Å². The number of carboxylic acids is 1. The molecule has 0 radical (unpaired) electrons. The third kappa shape index (κ3) is 2.97. The number of nitrogens with one attached hydrogen (secondary N) is 1. The molecule has 0 saturated carbocycles. The lowest BCUT2D eigenvalue weighted by Crippen LogP contribution is -2.12. The quantitative estimate of drug-likeness (QED) is 0.893. The molecule has 2 N–H and O–H groups in total. The van der Waals surface area contributed by atoms with Gasteiger partial charge in [-0.15, -0.1) is 0 Å². The molecule has 6 heteroatoms. The van der Waals surface area contributed by atoms with Crippen LogP contribution in [0.5, 0.6) is 0 Å². The van der Waals surface area contributed by atoms with Crippen LogP contribution < -0.4 is 10.2 Å². The average molecular weight is 274 g/mol. The minimum atomic E-state index is -1.14. The summed E-state index contributed by atoms with van der Waals surface area (Å²) in [6.45, 7) is 0. The second kappa shape index (κ2) is 5.48. The molecule has 20 heavy (non-hydrogen) atoms. The molecule has 0 aliphatic heterocycles. The van der Waals surface area contributed by atoms with Crippen LogP contribution in [-0.4, -0.2) is 31.1 Å². The standard InChI is InChI=1S/C14H14N2O4/c1-16(2)11-5-3-4-10(7-11)15-13(17)12-6-9(8-20-12)14(18)19/h3-8H,1-2H3,(H,15,17)(H,18,19). The van der Waals surface area contributed by atoms with Crippen LogP contribution >= 0.6 is 0 Å². The molecule has 1 aromatic heterocycles. The molecule has 0 atom stereocenters. The Hall–Kier alpha value is -2.76. The van der Waals surface area contributed by atoms with Gasteiger partial charge in [0.05, 0.1) is 5.56 Å². The Balaban J connectivity index is 2.14. The van der Waals surface area contributed by atoms with Crippen molar-refractivity contribution in [2.45, 2.75) is 0 Å². The molecule has 104 valence electrons. The van der Waals surface area contributed by atoms with Gasteiger partial charge >= 0.3 is 5.97 Å². The fourth-order valence-corrected chi connectivity index (χ4v) is 1.62. The predicted octanol–water partition coefficient (Wildman–Crippen LogP) is 2.30. The molecule has 0 saturated heterocycles. The van der Waals surface area contributed by atoms with Gasteiger partial charge in [0, 0.05) is 31.5 Å². The third-order valence-corrected chi connectivity index (χ3v) is 2.69. The van der Waals surface area contributed by atoms with Crippen molar-refractivity contribution in [3.63, 3.8) is 0 Å². The highest BCUT2D eigenvalue weighted by Crippen LogP contribution is 2.18. The van der Waals surface area contributed by atoms with Gasteiger partial charge in [-0.1, -0.05) is 6.07 Å². The topological polar surface area (TPSA) is 82.8 Å². The summed E-state index contributed by atoms with van der Waals surface area (Å²) in [6.07, 6.45) is 1.04. The lowest BCUT2D eigenvalue weighted by molar-refractivity contribution is 0.0696. The summed E-state index contributed by atoms with van der Waals surface area (Å²) in [5.74, 6) is -1.67. The number of carbonyl (C=O) groups is 2. The fourth-order valence-electron chi connectivity index (χ4n) is 1.62. The van der Waals surface area contributed by atoms with Crippen LogP contribution in [0.1, 0.15) is 20.9 Å². The van der Waals surface area contributed by atoms with Crippen molar-refractivity contribution in [2.75, 3.05) is 24.3 Å². The summed E-state index contributed by atoms with van der Waals surface area (Å²) < 4.78 is 4.93. The van der Waals surface area contributed by atoms with Crippen LogP contribution in [0.2, 0.25) is 0 Å². The Kier molecular flexibility index (Phi) is 3.74. The lowest BCUT2D eigenvalue weighted by Gasteiger charge is -2.13.